The topological polar surface area (TPSA) is 197 Å². The van der Waals surface area contributed by atoms with Crippen molar-refractivity contribution in [2.75, 3.05) is 18.7 Å². The van der Waals surface area contributed by atoms with Gasteiger partial charge in [0, 0.05) is 47.6 Å². The van der Waals surface area contributed by atoms with Crippen LogP contribution in [0.3, 0.4) is 0 Å². The summed E-state index contributed by atoms with van der Waals surface area (Å²) >= 11 is 6.31. The second-order valence-corrected chi connectivity index (χ2v) is 10.8. The van der Waals surface area contributed by atoms with Gasteiger partial charge in [0.2, 0.25) is 5.91 Å². The number of pyridine rings is 1. The van der Waals surface area contributed by atoms with Gasteiger partial charge in [0.15, 0.2) is 0 Å². The molecule has 7 N–H and O–H groups in total. The molecule has 1 aliphatic heterocycles. The molecule has 2 atom stereocenters. The number of aliphatic imine (C=N–C) groups is 1. The number of ether oxygens (including phenoxy) is 1. The Labute approximate surface area is 265 Å². The molecule has 45 heavy (non-hydrogen) atoms. The van der Waals surface area contributed by atoms with Crippen molar-refractivity contribution in [3.8, 4) is 11.3 Å². The van der Waals surface area contributed by atoms with Crippen molar-refractivity contribution in [1.29, 1.82) is 0 Å². The standard InChI is InChI=1S/C31H36ClN9O4/c1-4-45-31(44)22(34)16-41(35)26-9-8-20(32)13-21(26)23-14-28(42)40(17-38-23)27-7-5-6-18(2)30(43)39-25(15-33)29(36-3)19-10-11-37-24(27)12-19/h8-18,27H,4-7,33-35H2,1-3H3,(H,39,43)/b22-16-,25-15?,36-29?. The van der Waals surface area contributed by atoms with E-state index in [4.69, 9.17) is 33.6 Å². The average molecular weight is 634 g/mol. The number of hydrogen-bond donors (Lipinski definition) is 4. The van der Waals surface area contributed by atoms with Crippen LogP contribution in [0, 0.1) is 5.92 Å². The van der Waals surface area contributed by atoms with E-state index in [2.05, 4.69) is 20.3 Å². The number of hydrogen-bond acceptors (Lipinski definition) is 11. The number of nitrogens with one attached hydrogen (secondary N) is 1. The van der Waals surface area contributed by atoms with E-state index in [1.165, 1.54) is 29.4 Å². The molecule has 0 spiro atoms. The van der Waals surface area contributed by atoms with Gasteiger partial charge >= 0.3 is 5.97 Å². The lowest BCUT2D eigenvalue weighted by atomic mass is 9.96. The molecule has 1 aromatic carbocycles. The second kappa shape index (κ2) is 14.6. The fourth-order valence-corrected chi connectivity index (χ4v) is 5.19. The molecule has 1 aliphatic rings. The first-order valence-corrected chi connectivity index (χ1v) is 14.7. The number of nitrogens with zero attached hydrogens (tertiary/aromatic N) is 5. The monoisotopic (exact) mass is 633 g/mol. The minimum Gasteiger partial charge on any atom is -0.461 e. The van der Waals surface area contributed by atoms with E-state index in [1.54, 1.807) is 44.4 Å². The number of benzene rings is 1. The molecule has 2 bridgehead atoms. The molecular formula is C31H36ClN9O4. The number of allylic oxidation sites excluding steroid dienone is 1. The highest BCUT2D eigenvalue weighted by Crippen LogP contribution is 2.32. The van der Waals surface area contributed by atoms with E-state index < -0.39 is 12.0 Å². The van der Waals surface area contributed by atoms with Crippen molar-refractivity contribution < 1.29 is 14.3 Å². The minimum absolute atomic E-state index is 0.151. The zero-order valence-corrected chi connectivity index (χ0v) is 26.0. The third-order valence-electron chi connectivity index (χ3n) is 7.34. The molecule has 4 rings (SSSR count). The fourth-order valence-electron chi connectivity index (χ4n) is 5.01. The molecular weight excluding hydrogens is 598 g/mol. The molecule has 2 unspecified atom stereocenters. The molecule has 0 aliphatic carbocycles. The van der Waals surface area contributed by atoms with E-state index in [0.717, 1.165) is 5.01 Å². The van der Waals surface area contributed by atoms with Crippen LogP contribution in [0.2, 0.25) is 5.02 Å². The number of aromatic nitrogens is 3. The van der Waals surface area contributed by atoms with Crippen LogP contribution in [0.4, 0.5) is 5.69 Å². The van der Waals surface area contributed by atoms with E-state index in [9.17, 15) is 14.4 Å². The van der Waals surface area contributed by atoms with Crippen LogP contribution in [0.15, 0.2) is 82.5 Å². The minimum atomic E-state index is -0.721. The number of halogens is 1. The number of carbonyl (C=O) groups is 2. The number of fused-ring (bicyclic) bond motifs is 2. The first-order valence-electron chi connectivity index (χ1n) is 14.3. The molecule has 3 heterocycles. The number of esters is 1. The summed E-state index contributed by atoms with van der Waals surface area (Å²) in [5, 5.41) is 4.40. The summed E-state index contributed by atoms with van der Waals surface area (Å²) in [6.07, 6.45) is 7.33. The molecule has 236 valence electrons. The predicted octanol–water partition coefficient (Wildman–Crippen LogP) is 2.75. The summed E-state index contributed by atoms with van der Waals surface area (Å²) < 4.78 is 6.44. The SMILES string of the molecule is CCOC(=O)/C(N)=C/N(N)c1ccc(Cl)cc1-c1cc(=O)n(C2CCCC(C)C(=O)NC(=CN)C(=NC)c3ccnc2c3)cn1. The number of amides is 1. The van der Waals surface area contributed by atoms with Crippen molar-refractivity contribution in [1.82, 2.24) is 19.9 Å². The van der Waals surface area contributed by atoms with Gasteiger partial charge in [-0.1, -0.05) is 24.9 Å². The summed E-state index contributed by atoms with van der Waals surface area (Å²) in [7, 11) is 1.61. The lowest BCUT2D eigenvalue weighted by molar-refractivity contribution is -0.138. The van der Waals surface area contributed by atoms with Crippen LogP contribution >= 0.6 is 11.6 Å². The molecule has 0 saturated heterocycles. The maximum absolute atomic E-state index is 13.7. The van der Waals surface area contributed by atoms with Gasteiger partial charge in [0.25, 0.3) is 5.56 Å². The number of rotatable bonds is 6. The van der Waals surface area contributed by atoms with Gasteiger partial charge in [-0.3, -0.25) is 29.1 Å². The van der Waals surface area contributed by atoms with Crippen molar-refractivity contribution in [2.45, 2.75) is 39.2 Å². The Morgan fingerprint density at radius 1 is 1.22 bits per heavy atom. The Bertz CT molecular complexity index is 1730. The van der Waals surface area contributed by atoms with Crippen molar-refractivity contribution >= 4 is 34.9 Å². The summed E-state index contributed by atoms with van der Waals surface area (Å²) in [4.78, 5) is 52.2. The highest BCUT2D eigenvalue weighted by Gasteiger charge is 2.24. The molecule has 2 aromatic heterocycles. The van der Waals surface area contributed by atoms with Gasteiger partial charge < -0.3 is 21.5 Å². The molecule has 1 amide bonds. The van der Waals surface area contributed by atoms with Gasteiger partial charge in [0.05, 0.1) is 53.7 Å². The first-order chi connectivity index (χ1) is 21.6. The number of anilines is 1. The lowest BCUT2D eigenvalue weighted by Crippen LogP contribution is -2.33. The van der Waals surface area contributed by atoms with Crippen LogP contribution in [0.1, 0.15) is 50.4 Å². The smallest absolute Gasteiger partial charge is 0.355 e. The fraction of sp³-hybridized carbons (Fsp3) is 0.290. The van der Waals surface area contributed by atoms with Gasteiger partial charge in [0.1, 0.15) is 5.70 Å². The van der Waals surface area contributed by atoms with Gasteiger partial charge in [-0.25, -0.2) is 15.6 Å². The van der Waals surface area contributed by atoms with E-state index in [-0.39, 0.29) is 29.7 Å². The second-order valence-electron chi connectivity index (χ2n) is 10.4. The number of nitrogens with two attached hydrogens (primary N) is 3. The zero-order valence-electron chi connectivity index (χ0n) is 25.2. The quantitative estimate of drug-likeness (QED) is 0.135. The van der Waals surface area contributed by atoms with Crippen LogP contribution in [0.5, 0.6) is 0 Å². The highest BCUT2D eigenvalue weighted by molar-refractivity contribution is 6.31. The summed E-state index contributed by atoms with van der Waals surface area (Å²) in [5.41, 5.74) is 14.5. The highest BCUT2D eigenvalue weighted by atomic mass is 35.5. The summed E-state index contributed by atoms with van der Waals surface area (Å²) in [5.74, 6) is 5.04. The third kappa shape index (κ3) is 7.56. The summed E-state index contributed by atoms with van der Waals surface area (Å²) in [6, 6.07) is 9.32. The van der Waals surface area contributed by atoms with E-state index >= 15 is 0 Å². The molecule has 0 fully saturated rings. The van der Waals surface area contributed by atoms with Crippen molar-refractivity contribution in [3.05, 3.63) is 99.4 Å². The number of hydrazine groups is 1. The van der Waals surface area contributed by atoms with Crippen molar-refractivity contribution in [3.63, 3.8) is 0 Å². The summed E-state index contributed by atoms with van der Waals surface area (Å²) in [6.45, 7) is 3.65. The van der Waals surface area contributed by atoms with Gasteiger partial charge in [-0.05, 0) is 50.1 Å². The van der Waals surface area contributed by atoms with Crippen molar-refractivity contribution in [2.24, 2.45) is 28.2 Å². The molecule has 3 aromatic rings. The van der Waals surface area contributed by atoms with E-state index in [1.807, 2.05) is 13.0 Å². The third-order valence-corrected chi connectivity index (χ3v) is 7.57. The van der Waals surface area contributed by atoms with Crippen LogP contribution < -0.4 is 33.2 Å². The maximum atomic E-state index is 13.7. The predicted molar refractivity (Wildman–Crippen MR) is 173 cm³/mol. The molecule has 14 heteroatoms. The van der Waals surface area contributed by atoms with E-state index in [0.29, 0.717) is 63.9 Å². The van der Waals surface area contributed by atoms with Crippen LogP contribution in [0.25, 0.3) is 11.3 Å². The first kappa shape index (κ1) is 32.9. The Hall–Kier alpha value is -5.01. The lowest BCUT2D eigenvalue weighted by Gasteiger charge is -2.23. The Kier molecular flexibility index (Phi) is 10.7. The average Bonchev–Trinajstić information content (AvgIpc) is 3.02. The zero-order chi connectivity index (χ0) is 32.7. The Balaban J connectivity index is 1.77. The molecule has 0 radical (unpaired) electrons. The molecule has 0 saturated carbocycles. The molecule has 13 nitrogen and oxygen atoms in total. The maximum Gasteiger partial charge on any atom is 0.355 e. The van der Waals surface area contributed by atoms with Gasteiger partial charge in [-0.15, -0.1) is 0 Å². The Morgan fingerprint density at radius 3 is 2.69 bits per heavy atom. The van der Waals surface area contributed by atoms with Crippen LogP contribution in [-0.4, -0.2) is 45.8 Å². The number of carbonyl (C=O) groups excluding carboxylic acids is 2. The normalized spacial score (nSPS) is 19.4. The Morgan fingerprint density at radius 2 is 2.00 bits per heavy atom. The van der Waals surface area contributed by atoms with Gasteiger partial charge in [-0.2, -0.15) is 0 Å². The largest absolute Gasteiger partial charge is 0.461 e. The van der Waals surface area contributed by atoms with Crippen LogP contribution in [-0.2, 0) is 14.3 Å².